The van der Waals surface area contributed by atoms with E-state index in [1.54, 1.807) is 0 Å². The fraction of sp³-hybridized carbons (Fsp3) is 0.462. The minimum Gasteiger partial charge on any atom is -0.387 e. The highest BCUT2D eigenvalue weighted by atomic mass is 16.5. The van der Waals surface area contributed by atoms with Crippen LogP contribution in [0.4, 0.5) is 0 Å². The van der Waals surface area contributed by atoms with Gasteiger partial charge in [0.05, 0.1) is 18.8 Å². The van der Waals surface area contributed by atoms with E-state index in [9.17, 15) is 10.4 Å². The van der Waals surface area contributed by atoms with Gasteiger partial charge in [-0.3, -0.25) is 0 Å². The molecule has 1 heterocycles. The van der Waals surface area contributed by atoms with E-state index in [4.69, 9.17) is 4.74 Å². The molecule has 1 fully saturated rings. The molecule has 3 nitrogen and oxygen atoms in total. The number of aryl methyl sites for hydroxylation is 1. The van der Waals surface area contributed by atoms with E-state index in [1.165, 1.54) is 0 Å². The molecule has 0 radical (unpaired) electrons. The van der Waals surface area contributed by atoms with Crippen molar-refractivity contribution in [3.63, 3.8) is 0 Å². The highest BCUT2D eigenvalue weighted by Crippen LogP contribution is 2.40. The molecule has 0 amide bonds. The molecule has 0 saturated carbocycles. The first kappa shape index (κ1) is 11.1. The van der Waals surface area contributed by atoms with Gasteiger partial charge in [-0.1, -0.05) is 29.8 Å². The van der Waals surface area contributed by atoms with Crippen molar-refractivity contribution in [2.24, 2.45) is 5.41 Å². The SMILES string of the molecule is Cc1ccc(C(O)C2(C#N)CCOC2)cc1. The van der Waals surface area contributed by atoms with Crippen LogP contribution in [-0.2, 0) is 4.74 Å². The molecule has 1 aliphatic rings. The molecule has 16 heavy (non-hydrogen) atoms. The summed E-state index contributed by atoms with van der Waals surface area (Å²) in [6.45, 7) is 2.87. The molecule has 2 atom stereocenters. The van der Waals surface area contributed by atoms with Crippen LogP contribution in [0.2, 0.25) is 0 Å². The number of hydrogen-bond acceptors (Lipinski definition) is 3. The predicted molar refractivity (Wildman–Crippen MR) is 59.6 cm³/mol. The number of nitrogens with zero attached hydrogens (tertiary/aromatic N) is 1. The molecule has 1 saturated heterocycles. The van der Waals surface area contributed by atoms with Crippen LogP contribution in [0.25, 0.3) is 0 Å². The molecule has 0 spiro atoms. The quantitative estimate of drug-likeness (QED) is 0.823. The van der Waals surface area contributed by atoms with Crippen LogP contribution >= 0.6 is 0 Å². The fourth-order valence-electron chi connectivity index (χ4n) is 2.01. The van der Waals surface area contributed by atoms with Crippen molar-refractivity contribution in [2.45, 2.75) is 19.4 Å². The Morgan fingerprint density at radius 3 is 2.62 bits per heavy atom. The van der Waals surface area contributed by atoms with Gasteiger partial charge in [-0.05, 0) is 18.9 Å². The van der Waals surface area contributed by atoms with Gasteiger partial charge in [0.1, 0.15) is 5.41 Å². The summed E-state index contributed by atoms with van der Waals surface area (Å²) in [5, 5.41) is 19.5. The summed E-state index contributed by atoms with van der Waals surface area (Å²) in [6, 6.07) is 9.85. The van der Waals surface area contributed by atoms with E-state index in [1.807, 2.05) is 31.2 Å². The molecule has 2 rings (SSSR count). The lowest BCUT2D eigenvalue weighted by molar-refractivity contribution is 0.0504. The zero-order valence-corrected chi connectivity index (χ0v) is 9.31. The second kappa shape index (κ2) is 4.25. The van der Waals surface area contributed by atoms with Crippen molar-refractivity contribution >= 4 is 0 Å². The van der Waals surface area contributed by atoms with E-state index in [-0.39, 0.29) is 0 Å². The number of aliphatic hydroxyl groups is 1. The maximum atomic E-state index is 10.3. The topological polar surface area (TPSA) is 53.2 Å². The summed E-state index contributed by atoms with van der Waals surface area (Å²) in [5.41, 5.74) is 1.16. The zero-order chi connectivity index (χ0) is 11.6. The van der Waals surface area contributed by atoms with Crippen LogP contribution in [0.5, 0.6) is 0 Å². The zero-order valence-electron chi connectivity index (χ0n) is 9.31. The van der Waals surface area contributed by atoms with Gasteiger partial charge in [-0.15, -0.1) is 0 Å². The summed E-state index contributed by atoms with van der Waals surface area (Å²) in [7, 11) is 0. The highest BCUT2D eigenvalue weighted by Gasteiger charge is 2.42. The van der Waals surface area contributed by atoms with Crippen LogP contribution in [0.1, 0.15) is 23.7 Å². The first-order valence-corrected chi connectivity index (χ1v) is 5.41. The third-order valence-corrected chi connectivity index (χ3v) is 3.19. The summed E-state index contributed by atoms with van der Waals surface area (Å²) in [4.78, 5) is 0. The molecular weight excluding hydrogens is 202 g/mol. The Morgan fingerprint density at radius 2 is 2.12 bits per heavy atom. The monoisotopic (exact) mass is 217 g/mol. The number of benzene rings is 1. The number of nitriles is 1. The van der Waals surface area contributed by atoms with Gasteiger partial charge in [-0.2, -0.15) is 5.26 Å². The van der Waals surface area contributed by atoms with E-state index < -0.39 is 11.5 Å². The van der Waals surface area contributed by atoms with E-state index in [0.29, 0.717) is 19.6 Å². The Bertz CT molecular complexity index is 399. The van der Waals surface area contributed by atoms with Gasteiger partial charge in [0, 0.05) is 6.61 Å². The summed E-state index contributed by atoms with van der Waals surface area (Å²) in [6.07, 6.45) is -0.168. The maximum absolute atomic E-state index is 10.3. The molecule has 0 aliphatic carbocycles. The third-order valence-electron chi connectivity index (χ3n) is 3.19. The van der Waals surface area contributed by atoms with Crippen LogP contribution in [0.15, 0.2) is 24.3 Å². The van der Waals surface area contributed by atoms with Crippen molar-refractivity contribution in [1.82, 2.24) is 0 Å². The molecule has 1 aromatic carbocycles. The second-order valence-electron chi connectivity index (χ2n) is 4.38. The van der Waals surface area contributed by atoms with Crippen molar-refractivity contribution < 1.29 is 9.84 Å². The van der Waals surface area contributed by atoms with Crippen molar-refractivity contribution in [3.05, 3.63) is 35.4 Å². The summed E-state index contributed by atoms with van der Waals surface area (Å²) < 4.78 is 5.24. The predicted octanol–water partition coefficient (Wildman–Crippen LogP) is 1.96. The molecule has 3 heteroatoms. The Morgan fingerprint density at radius 1 is 1.44 bits per heavy atom. The molecule has 1 aromatic rings. The smallest absolute Gasteiger partial charge is 0.113 e. The third kappa shape index (κ3) is 1.82. The van der Waals surface area contributed by atoms with Gasteiger partial charge in [0.2, 0.25) is 0 Å². The van der Waals surface area contributed by atoms with Gasteiger partial charge in [0.15, 0.2) is 0 Å². The lowest BCUT2D eigenvalue weighted by Crippen LogP contribution is -2.27. The summed E-state index contributed by atoms with van der Waals surface area (Å²) >= 11 is 0. The van der Waals surface area contributed by atoms with Crippen molar-refractivity contribution in [1.29, 1.82) is 5.26 Å². The first-order chi connectivity index (χ1) is 7.68. The summed E-state index contributed by atoms with van der Waals surface area (Å²) in [5.74, 6) is 0. The Kier molecular flexibility index (Phi) is 2.95. The first-order valence-electron chi connectivity index (χ1n) is 5.41. The molecule has 84 valence electrons. The van der Waals surface area contributed by atoms with Gasteiger partial charge >= 0.3 is 0 Å². The standard InChI is InChI=1S/C13H15NO2/c1-10-2-4-11(5-3-10)12(15)13(8-14)6-7-16-9-13/h2-5,12,15H,6-7,9H2,1H3. The molecule has 1 N–H and O–H groups in total. The number of hydrogen-bond donors (Lipinski definition) is 1. The number of aliphatic hydroxyl groups excluding tert-OH is 1. The molecule has 2 unspecified atom stereocenters. The van der Waals surface area contributed by atoms with E-state index in [0.717, 1.165) is 11.1 Å². The molecule has 1 aliphatic heterocycles. The van der Waals surface area contributed by atoms with Gasteiger partial charge in [-0.25, -0.2) is 0 Å². The van der Waals surface area contributed by atoms with Crippen LogP contribution in [-0.4, -0.2) is 18.3 Å². The van der Waals surface area contributed by atoms with E-state index >= 15 is 0 Å². The minimum absolute atomic E-state index is 0.318. The van der Waals surface area contributed by atoms with E-state index in [2.05, 4.69) is 6.07 Å². The number of ether oxygens (including phenoxy) is 1. The lowest BCUT2D eigenvalue weighted by atomic mass is 9.79. The minimum atomic E-state index is -0.769. The maximum Gasteiger partial charge on any atom is 0.113 e. The van der Waals surface area contributed by atoms with Gasteiger partial charge < -0.3 is 9.84 Å². The normalized spacial score (nSPS) is 26.3. The molecule has 0 aromatic heterocycles. The average molecular weight is 217 g/mol. The Labute approximate surface area is 95.3 Å². The highest BCUT2D eigenvalue weighted by molar-refractivity contribution is 5.27. The largest absolute Gasteiger partial charge is 0.387 e. The van der Waals surface area contributed by atoms with Crippen LogP contribution in [0, 0.1) is 23.7 Å². The second-order valence-corrected chi connectivity index (χ2v) is 4.38. The van der Waals surface area contributed by atoms with Crippen molar-refractivity contribution in [3.8, 4) is 6.07 Å². The van der Waals surface area contributed by atoms with Crippen LogP contribution < -0.4 is 0 Å². The fourth-order valence-corrected chi connectivity index (χ4v) is 2.01. The van der Waals surface area contributed by atoms with Crippen LogP contribution in [0.3, 0.4) is 0 Å². The Hall–Kier alpha value is -1.37. The Balaban J connectivity index is 2.27. The average Bonchev–Trinajstić information content (AvgIpc) is 2.79. The van der Waals surface area contributed by atoms with Crippen molar-refractivity contribution in [2.75, 3.05) is 13.2 Å². The molecular formula is C13H15NO2. The molecule has 0 bridgehead atoms. The van der Waals surface area contributed by atoms with Gasteiger partial charge in [0.25, 0.3) is 0 Å². The lowest BCUT2D eigenvalue weighted by Gasteiger charge is -2.25. The number of rotatable bonds is 2.